The van der Waals surface area contributed by atoms with E-state index in [9.17, 15) is 0 Å². The Balaban J connectivity index is 1.26. The zero-order valence-electron chi connectivity index (χ0n) is 35.1. The van der Waals surface area contributed by atoms with Gasteiger partial charge in [-0.05, 0) is 150 Å². The van der Waals surface area contributed by atoms with Crippen LogP contribution in [0.2, 0.25) is 0 Å². The molecule has 0 amide bonds. The Hall–Kier alpha value is -8.32. The van der Waals surface area contributed by atoms with Gasteiger partial charge in [0.25, 0.3) is 0 Å². The van der Waals surface area contributed by atoms with Gasteiger partial charge in [-0.15, -0.1) is 0 Å². The van der Waals surface area contributed by atoms with Crippen LogP contribution in [-0.2, 0) is 0 Å². The van der Waals surface area contributed by atoms with Crippen LogP contribution in [0.25, 0.3) is 132 Å². The molecule has 0 heterocycles. The molecule has 0 fully saturated rings. The summed E-state index contributed by atoms with van der Waals surface area (Å²) in [4.78, 5) is 0. The average Bonchev–Trinajstić information content (AvgIpc) is 3.68. The van der Waals surface area contributed by atoms with E-state index in [1.807, 2.05) is 0 Å². The van der Waals surface area contributed by atoms with Gasteiger partial charge in [-0.1, -0.05) is 224 Å². The standard InChI is InChI=1S/C64H40/c1-5-20-41(21-6-1)47-32-17-33-48(42-22-7-2-8-23-42)61(47)63-52-30-15-16-31-53(52)64(62-49(43-24-9-3-10-25-43)34-18-35-50(62)44-26-11-4-12-27-44)59-40-56-55(39-58(59)63)54-37-19-36-51-46-29-14-13-28-45(46)38-57(56)60(51)54/h1-40H. The van der Waals surface area contributed by atoms with Crippen molar-refractivity contribution in [3.8, 4) is 89.0 Å². The van der Waals surface area contributed by atoms with E-state index < -0.39 is 0 Å². The Morgan fingerprint density at radius 3 is 0.969 bits per heavy atom. The van der Waals surface area contributed by atoms with Gasteiger partial charge < -0.3 is 0 Å². The van der Waals surface area contributed by atoms with E-state index in [1.54, 1.807) is 0 Å². The van der Waals surface area contributed by atoms with Crippen LogP contribution in [0.3, 0.4) is 0 Å². The van der Waals surface area contributed by atoms with Crippen molar-refractivity contribution in [3.05, 3.63) is 243 Å². The van der Waals surface area contributed by atoms with Crippen LogP contribution in [0.5, 0.6) is 0 Å². The molecule has 0 bridgehead atoms. The molecule has 0 radical (unpaired) electrons. The van der Waals surface area contributed by atoms with Crippen molar-refractivity contribution >= 4 is 43.1 Å². The third kappa shape index (κ3) is 5.56. The molecular formula is C64H40. The van der Waals surface area contributed by atoms with Crippen molar-refractivity contribution in [2.45, 2.75) is 0 Å². The number of fused-ring (bicyclic) bond motifs is 7. The lowest BCUT2D eigenvalue weighted by molar-refractivity contribution is 1.57. The van der Waals surface area contributed by atoms with E-state index >= 15 is 0 Å². The highest BCUT2D eigenvalue weighted by Crippen LogP contribution is 2.56. The van der Waals surface area contributed by atoms with Gasteiger partial charge in [0.05, 0.1) is 0 Å². The SMILES string of the molecule is c1ccc(-c2cccc(-c3ccccc3)c2-c2c3ccccc3c(-c3c(-c4ccccc4)cccc3-c3ccccc3)c3cc4c(cc23)-c2cccc3c2c-4cc2ccccc23)cc1. The minimum Gasteiger partial charge on any atom is -0.0622 e. The molecule has 0 nitrogen and oxygen atoms in total. The Bertz CT molecular complexity index is 3670. The molecule has 1 aliphatic carbocycles. The number of hydrogen-bond donors (Lipinski definition) is 0. The van der Waals surface area contributed by atoms with E-state index in [0.29, 0.717) is 0 Å². The fourth-order valence-corrected chi connectivity index (χ4v) is 10.9. The van der Waals surface area contributed by atoms with Gasteiger partial charge in [-0.25, -0.2) is 0 Å². The van der Waals surface area contributed by atoms with E-state index in [2.05, 4.69) is 243 Å². The number of hydrogen-bond acceptors (Lipinski definition) is 0. The molecule has 0 aromatic heterocycles. The van der Waals surface area contributed by atoms with Gasteiger partial charge in [0.15, 0.2) is 0 Å². The van der Waals surface area contributed by atoms with Gasteiger partial charge in [0.1, 0.15) is 0 Å². The van der Waals surface area contributed by atoms with Crippen molar-refractivity contribution in [3.63, 3.8) is 0 Å². The summed E-state index contributed by atoms with van der Waals surface area (Å²) in [6.45, 7) is 0. The molecule has 0 heteroatoms. The predicted molar refractivity (Wildman–Crippen MR) is 274 cm³/mol. The zero-order valence-corrected chi connectivity index (χ0v) is 35.1. The first-order valence-electron chi connectivity index (χ1n) is 22.3. The maximum atomic E-state index is 2.56. The lowest BCUT2D eigenvalue weighted by Crippen LogP contribution is -1.98. The second kappa shape index (κ2) is 14.7. The predicted octanol–water partition coefficient (Wildman–Crippen LogP) is 17.9. The summed E-state index contributed by atoms with van der Waals surface area (Å²) in [5, 5.41) is 10.1. The number of rotatable bonds is 6. The maximum Gasteiger partial charge on any atom is -0.00137 e. The lowest BCUT2D eigenvalue weighted by Gasteiger charge is -2.25. The molecule has 296 valence electrons. The Morgan fingerprint density at radius 1 is 0.172 bits per heavy atom. The third-order valence-corrected chi connectivity index (χ3v) is 13.6. The molecule has 0 saturated carbocycles. The van der Waals surface area contributed by atoms with E-state index in [4.69, 9.17) is 0 Å². The summed E-state index contributed by atoms with van der Waals surface area (Å²) in [5.74, 6) is 0. The van der Waals surface area contributed by atoms with Gasteiger partial charge in [0, 0.05) is 0 Å². The van der Waals surface area contributed by atoms with E-state index in [1.165, 1.54) is 132 Å². The van der Waals surface area contributed by atoms with E-state index in [0.717, 1.165) is 0 Å². The summed E-state index contributed by atoms with van der Waals surface area (Å²) in [6.07, 6.45) is 0. The monoisotopic (exact) mass is 808 g/mol. The van der Waals surface area contributed by atoms with Gasteiger partial charge in [-0.2, -0.15) is 0 Å². The second-order valence-corrected chi connectivity index (χ2v) is 17.0. The first-order chi connectivity index (χ1) is 31.8. The molecule has 64 heavy (non-hydrogen) atoms. The van der Waals surface area contributed by atoms with Crippen LogP contribution < -0.4 is 0 Å². The maximum absolute atomic E-state index is 2.56. The summed E-state index contributed by atoms with van der Waals surface area (Å²) >= 11 is 0. The first kappa shape index (κ1) is 36.3. The molecule has 12 aromatic carbocycles. The van der Waals surface area contributed by atoms with Crippen LogP contribution >= 0.6 is 0 Å². The normalized spacial score (nSPS) is 11.8. The van der Waals surface area contributed by atoms with Crippen molar-refractivity contribution in [1.82, 2.24) is 0 Å². The Morgan fingerprint density at radius 2 is 0.516 bits per heavy atom. The van der Waals surface area contributed by atoms with Gasteiger partial charge in [0.2, 0.25) is 0 Å². The highest BCUT2D eigenvalue weighted by Gasteiger charge is 2.29. The molecule has 1 aliphatic rings. The fraction of sp³-hybridized carbons (Fsp3) is 0. The second-order valence-electron chi connectivity index (χ2n) is 17.0. The van der Waals surface area contributed by atoms with Crippen LogP contribution in [0, 0.1) is 0 Å². The molecule has 0 spiro atoms. The molecule has 0 atom stereocenters. The number of benzene rings is 12. The summed E-state index contributed by atoms with van der Waals surface area (Å²) < 4.78 is 0. The molecule has 0 unspecified atom stereocenters. The Labute approximate surface area is 373 Å². The molecule has 12 aromatic rings. The van der Waals surface area contributed by atoms with Crippen molar-refractivity contribution in [1.29, 1.82) is 0 Å². The average molecular weight is 809 g/mol. The van der Waals surface area contributed by atoms with Crippen molar-refractivity contribution in [2.75, 3.05) is 0 Å². The van der Waals surface area contributed by atoms with Crippen LogP contribution in [0.1, 0.15) is 0 Å². The summed E-state index contributed by atoms with van der Waals surface area (Å²) in [6, 6.07) is 90.1. The summed E-state index contributed by atoms with van der Waals surface area (Å²) in [5.41, 5.74) is 19.8. The van der Waals surface area contributed by atoms with Crippen LogP contribution in [0.4, 0.5) is 0 Å². The largest absolute Gasteiger partial charge is 0.0622 e. The molecule has 0 saturated heterocycles. The van der Waals surface area contributed by atoms with Gasteiger partial charge in [-0.3, -0.25) is 0 Å². The highest BCUT2D eigenvalue weighted by molar-refractivity contribution is 6.30. The van der Waals surface area contributed by atoms with Crippen molar-refractivity contribution in [2.24, 2.45) is 0 Å². The molecule has 13 rings (SSSR count). The lowest BCUT2D eigenvalue weighted by atomic mass is 9.78. The molecule has 0 N–H and O–H groups in total. The van der Waals surface area contributed by atoms with Crippen molar-refractivity contribution < 1.29 is 0 Å². The van der Waals surface area contributed by atoms with Crippen LogP contribution in [0.15, 0.2) is 243 Å². The molecule has 0 aliphatic heterocycles. The summed E-state index contributed by atoms with van der Waals surface area (Å²) in [7, 11) is 0. The van der Waals surface area contributed by atoms with E-state index in [-0.39, 0.29) is 0 Å². The van der Waals surface area contributed by atoms with Crippen LogP contribution in [-0.4, -0.2) is 0 Å². The minimum atomic E-state index is 1.20. The molecular weight excluding hydrogens is 769 g/mol. The third-order valence-electron chi connectivity index (χ3n) is 13.6. The van der Waals surface area contributed by atoms with Gasteiger partial charge >= 0.3 is 0 Å². The zero-order chi connectivity index (χ0) is 42.1. The fourth-order valence-electron chi connectivity index (χ4n) is 10.9. The smallest absolute Gasteiger partial charge is 0.00137 e. The topological polar surface area (TPSA) is 0 Å². The highest BCUT2D eigenvalue weighted by atomic mass is 14.3. The first-order valence-corrected chi connectivity index (χ1v) is 22.3. The quantitative estimate of drug-likeness (QED) is 0.116. The Kier molecular flexibility index (Phi) is 8.32. The minimum absolute atomic E-state index is 1.20.